The fourth-order valence-corrected chi connectivity index (χ4v) is 2.51. The summed E-state index contributed by atoms with van der Waals surface area (Å²) < 4.78 is 4.67. The molecule has 1 aliphatic heterocycles. The van der Waals surface area contributed by atoms with Crippen LogP contribution in [0.15, 0.2) is 0 Å². The van der Waals surface area contributed by atoms with Crippen LogP contribution in [0.25, 0.3) is 0 Å². The van der Waals surface area contributed by atoms with Gasteiger partial charge in [-0.25, -0.2) is 0 Å². The zero-order valence-electron chi connectivity index (χ0n) is 10.7. The number of likely N-dealkylation sites (tertiary alicyclic amines) is 1. The molecule has 0 aromatic rings. The predicted octanol–water partition coefficient (Wildman–Crippen LogP) is 0.919. The number of hydrogen-bond acceptors (Lipinski definition) is 3. The number of carbonyl (C=O) groups excluding carboxylic acids is 2. The van der Waals surface area contributed by atoms with E-state index in [2.05, 4.69) is 18.6 Å². The molecule has 98 valence electrons. The van der Waals surface area contributed by atoms with Crippen LogP contribution in [0.3, 0.4) is 0 Å². The van der Waals surface area contributed by atoms with E-state index < -0.39 is 8.83 Å². The minimum Gasteiger partial charge on any atom is -0.469 e. The summed E-state index contributed by atoms with van der Waals surface area (Å²) in [6.07, 6.45) is 1.19. The van der Waals surface area contributed by atoms with Crippen molar-refractivity contribution in [2.45, 2.75) is 31.7 Å². The zero-order valence-corrected chi connectivity index (χ0v) is 12.8. The van der Waals surface area contributed by atoms with Crippen molar-refractivity contribution in [1.29, 1.82) is 0 Å². The van der Waals surface area contributed by atoms with Crippen LogP contribution in [0.4, 0.5) is 0 Å². The lowest BCUT2D eigenvalue weighted by atomic mass is 10.1. The predicted molar refractivity (Wildman–Crippen MR) is 69.8 cm³/mol. The van der Waals surface area contributed by atoms with Crippen molar-refractivity contribution >= 4 is 31.8 Å². The summed E-state index contributed by atoms with van der Waals surface area (Å²) in [5.41, 5.74) is 0. The first-order chi connectivity index (χ1) is 7.89. The maximum absolute atomic E-state index is 11.7. The van der Waals surface area contributed by atoms with Gasteiger partial charge in [0, 0.05) is 19.5 Å². The number of ether oxygens (including phenoxy) is 1. The Kier molecular flexibility index (Phi) is 5.00. The fraction of sp³-hybridized carbons (Fsp3) is 0.818. The van der Waals surface area contributed by atoms with Crippen molar-refractivity contribution < 1.29 is 14.3 Å². The molecule has 6 heteroatoms. The molecule has 1 fully saturated rings. The zero-order chi connectivity index (χ0) is 13.1. The Morgan fingerprint density at radius 3 is 2.82 bits per heavy atom. The van der Waals surface area contributed by atoms with Crippen LogP contribution in [0.5, 0.6) is 0 Å². The van der Waals surface area contributed by atoms with Crippen molar-refractivity contribution in [1.82, 2.24) is 4.90 Å². The van der Waals surface area contributed by atoms with Crippen molar-refractivity contribution in [3.8, 4) is 0 Å². The third-order valence-electron chi connectivity index (χ3n) is 3.17. The monoisotopic (exact) mass is 277 g/mol. The van der Waals surface area contributed by atoms with Gasteiger partial charge < -0.3 is 9.64 Å². The summed E-state index contributed by atoms with van der Waals surface area (Å²) in [5, 5.41) is 0.158. The van der Waals surface area contributed by atoms with E-state index in [-0.39, 0.29) is 29.3 Å². The van der Waals surface area contributed by atoms with Gasteiger partial charge in [0.1, 0.15) is 8.83 Å². The second-order valence-corrected chi connectivity index (χ2v) is 8.30. The van der Waals surface area contributed by atoms with Gasteiger partial charge in [-0.3, -0.25) is 9.59 Å². The van der Waals surface area contributed by atoms with Gasteiger partial charge in [0.2, 0.25) is 5.91 Å². The molecule has 17 heavy (non-hydrogen) atoms. The van der Waals surface area contributed by atoms with E-state index in [1.807, 2.05) is 0 Å². The third kappa shape index (κ3) is 3.99. The van der Waals surface area contributed by atoms with Crippen LogP contribution in [0, 0.1) is 5.92 Å². The molecular formula is C11H20ClNO3Si. The highest BCUT2D eigenvalue weighted by Crippen LogP contribution is 2.30. The van der Waals surface area contributed by atoms with Crippen LogP contribution >= 0.6 is 11.1 Å². The summed E-state index contributed by atoms with van der Waals surface area (Å²) in [5.74, 6) is -0.525. The molecule has 0 aromatic carbocycles. The summed E-state index contributed by atoms with van der Waals surface area (Å²) in [7, 11) is 0.755. The molecule has 0 aromatic heterocycles. The number of amides is 1. The molecule has 1 unspecified atom stereocenters. The molecule has 1 aliphatic rings. The van der Waals surface area contributed by atoms with Gasteiger partial charge in [-0.05, 0) is 11.5 Å². The molecular weight excluding hydrogens is 258 g/mol. The van der Waals surface area contributed by atoms with E-state index >= 15 is 0 Å². The highest BCUT2D eigenvalue weighted by Gasteiger charge is 2.35. The summed E-state index contributed by atoms with van der Waals surface area (Å²) >= 11 is 5.98. The molecule has 0 aliphatic carbocycles. The molecule has 1 saturated heterocycles. The van der Waals surface area contributed by atoms with E-state index in [0.717, 1.165) is 6.42 Å². The number of methoxy groups -OCH3 is 1. The van der Waals surface area contributed by atoms with E-state index in [4.69, 9.17) is 11.1 Å². The lowest BCUT2D eigenvalue weighted by molar-refractivity contribution is -0.145. The number of rotatable bonds is 5. The normalized spacial score (nSPS) is 21.5. The Hall–Kier alpha value is -0.553. The van der Waals surface area contributed by atoms with Crippen LogP contribution in [-0.4, -0.2) is 45.8 Å². The van der Waals surface area contributed by atoms with Crippen LogP contribution in [-0.2, 0) is 14.3 Å². The number of hydrogen-bond donors (Lipinski definition) is 0. The molecule has 0 N–H and O–H groups in total. The first kappa shape index (κ1) is 14.5. The average molecular weight is 278 g/mol. The lowest BCUT2D eigenvalue weighted by Gasteiger charge is -2.24. The highest BCUT2D eigenvalue weighted by molar-refractivity contribution is 6.95. The van der Waals surface area contributed by atoms with Crippen molar-refractivity contribution in [3.63, 3.8) is 0 Å². The Labute approximate surface area is 109 Å². The maximum atomic E-state index is 11.7. The molecule has 1 amide bonds. The first-order valence-electron chi connectivity index (χ1n) is 5.81. The summed E-state index contributed by atoms with van der Waals surface area (Å²) in [4.78, 5) is 24.8. The van der Waals surface area contributed by atoms with Gasteiger partial charge >= 0.3 is 5.97 Å². The standard InChI is InChI=1S/C11H20ClNO3Si/c1-11(2,17-12)4-5-13-7-8(6-9(13)14)10(15)16-3/h8H,4-7,17H2,1-3H3. The van der Waals surface area contributed by atoms with Gasteiger partial charge in [-0.2, -0.15) is 11.1 Å². The van der Waals surface area contributed by atoms with Crippen molar-refractivity contribution in [2.24, 2.45) is 5.92 Å². The Bertz CT molecular complexity index is 309. The Morgan fingerprint density at radius 1 is 1.65 bits per heavy atom. The SMILES string of the molecule is COC(=O)C1CC(=O)N(CCC(C)(C)[SiH2]Cl)C1. The fourth-order valence-electron chi connectivity index (χ4n) is 1.82. The molecule has 1 heterocycles. The number of nitrogens with zero attached hydrogens (tertiary/aromatic N) is 1. The first-order valence-corrected chi connectivity index (χ1v) is 8.65. The van der Waals surface area contributed by atoms with Crippen molar-refractivity contribution in [3.05, 3.63) is 0 Å². The number of halogens is 1. The lowest BCUT2D eigenvalue weighted by Crippen LogP contribution is -2.29. The average Bonchev–Trinajstić information content (AvgIpc) is 2.67. The summed E-state index contributed by atoms with van der Waals surface area (Å²) in [6.45, 7) is 5.44. The minimum atomic E-state index is -0.603. The smallest absolute Gasteiger partial charge is 0.310 e. The Balaban J connectivity index is 2.46. The second-order valence-electron chi connectivity index (χ2n) is 5.31. The second kappa shape index (κ2) is 5.86. The van der Waals surface area contributed by atoms with E-state index in [1.165, 1.54) is 7.11 Å². The topological polar surface area (TPSA) is 46.6 Å². The van der Waals surface area contributed by atoms with Gasteiger partial charge in [-0.1, -0.05) is 13.8 Å². The van der Waals surface area contributed by atoms with E-state index in [1.54, 1.807) is 4.90 Å². The quantitative estimate of drug-likeness (QED) is 0.427. The maximum Gasteiger partial charge on any atom is 0.310 e. The van der Waals surface area contributed by atoms with Crippen LogP contribution in [0.2, 0.25) is 5.04 Å². The van der Waals surface area contributed by atoms with Gasteiger partial charge in [0.15, 0.2) is 0 Å². The number of carbonyl (C=O) groups is 2. The minimum absolute atomic E-state index is 0.0486. The largest absolute Gasteiger partial charge is 0.469 e. The third-order valence-corrected chi connectivity index (χ3v) is 6.42. The van der Waals surface area contributed by atoms with Crippen LogP contribution < -0.4 is 0 Å². The Morgan fingerprint density at radius 2 is 2.29 bits per heavy atom. The van der Waals surface area contributed by atoms with Crippen molar-refractivity contribution in [2.75, 3.05) is 20.2 Å². The molecule has 4 nitrogen and oxygen atoms in total. The van der Waals surface area contributed by atoms with E-state index in [0.29, 0.717) is 13.1 Å². The summed E-state index contributed by atoms with van der Waals surface area (Å²) in [6, 6.07) is 0. The van der Waals surface area contributed by atoms with Gasteiger partial charge in [-0.15, -0.1) is 0 Å². The van der Waals surface area contributed by atoms with Gasteiger partial charge in [0.05, 0.1) is 13.0 Å². The molecule has 0 spiro atoms. The van der Waals surface area contributed by atoms with Crippen LogP contribution in [0.1, 0.15) is 26.7 Å². The number of esters is 1. The molecule has 0 saturated carbocycles. The molecule has 0 radical (unpaired) electrons. The van der Waals surface area contributed by atoms with E-state index in [9.17, 15) is 9.59 Å². The molecule has 1 rings (SSSR count). The molecule has 1 atom stereocenters. The highest BCUT2D eigenvalue weighted by atomic mass is 35.6. The van der Waals surface area contributed by atoms with Gasteiger partial charge in [0.25, 0.3) is 0 Å². The molecule has 0 bridgehead atoms.